The minimum absolute atomic E-state index is 0.344. The molecule has 0 atom stereocenters. The third-order valence-corrected chi connectivity index (χ3v) is 3.59. The molecule has 0 saturated heterocycles. The number of benzene rings is 2. The molecule has 21 heavy (non-hydrogen) atoms. The average Bonchev–Trinajstić information content (AvgIpc) is 2.53. The minimum Gasteiger partial charge on any atom is -0.508 e. The molecule has 3 nitrogen and oxygen atoms in total. The topological polar surface area (TPSA) is 45.1 Å². The van der Waals surface area contributed by atoms with Crippen molar-refractivity contribution in [1.29, 1.82) is 0 Å². The molecule has 2 aromatic carbocycles. The maximum absolute atomic E-state index is 9.72. The number of fused-ring (bicyclic) bond motifs is 1. The van der Waals surface area contributed by atoms with Gasteiger partial charge in [0.25, 0.3) is 0 Å². The summed E-state index contributed by atoms with van der Waals surface area (Å²) in [6, 6.07) is 17.7. The maximum Gasteiger partial charge on any atom is 0.120 e. The standard InChI is InChI=1S/C18H18N2O/c21-17-9-2-1-5-16(17)13-19-12-10-15-7-3-6-14-8-4-11-20-18(14)15/h1-9,11,19,21H,10,12-13H2. The molecule has 1 heterocycles. The van der Waals surface area contributed by atoms with Crippen LogP contribution in [-0.2, 0) is 13.0 Å². The van der Waals surface area contributed by atoms with Crippen molar-refractivity contribution < 1.29 is 5.11 Å². The smallest absolute Gasteiger partial charge is 0.120 e. The SMILES string of the molecule is Oc1ccccc1CNCCc1cccc2cccnc12. The lowest BCUT2D eigenvalue weighted by Gasteiger charge is -2.08. The fourth-order valence-corrected chi connectivity index (χ4v) is 2.48. The second-order valence-corrected chi connectivity index (χ2v) is 5.05. The number of nitrogens with zero attached hydrogens (tertiary/aromatic N) is 1. The van der Waals surface area contributed by atoms with Gasteiger partial charge in [0, 0.05) is 23.7 Å². The highest BCUT2D eigenvalue weighted by atomic mass is 16.3. The highest BCUT2D eigenvalue weighted by Crippen LogP contribution is 2.17. The van der Waals surface area contributed by atoms with E-state index in [1.165, 1.54) is 10.9 Å². The van der Waals surface area contributed by atoms with Gasteiger partial charge in [0.05, 0.1) is 5.52 Å². The van der Waals surface area contributed by atoms with E-state index in [1.54, 1.807) is 6.07 Å². The normalized spacial score (nSPS) is 10.9. The van der Waals surface area contributed by atoms with E-state index in [0.29, 0.717) is 12.3 Å². The third-order valence-electron chi connectivity index (χ3n) is 3.59. The Hall–Kier alpha value is -2.39. The summed E-state index contributed by atoms with van der Waals surface area (Å²) < 4.78 is 0. The van der Waals surface area contributed by atoms with Crippen molar-refractivity contribution in [3.8, 4) is 5.75 Å². The van der Waals surface area contributed by atoms with Crippen molar-refractivity contribution in [3.63, 3.8) is 0 Å². The van der Waals surface area contributed by atoms with Crippen LogP contribution in [0.2, 0.25) is 0 Å². The van der Waals surface area contributed by atoms with Gasteiger partial charge >= 0.3 is 0 Å². The molecule has 0 radical (unpaired) electrons. The highest BCUT2D eigenvalue weighted by molar-refractivity contribution is 5.81. The molecule has 3 heteroatoms. The molecule has 0 fully saturated rings. The number of nitrogens with one attached hydrogen (secondary N) is 1. The molecule has 3 aromatic rings. The van der Waals surface area contributed by atoms with Crippen LogP contribution >= 0.6 is 0 Å². The Bertz CT molecular complexity index is 735. The Kier molecular flexibility index (Phi) is 4.12. The van der Waals surface area contributed by atoms with Gasteiger partial charge in [0.15, 0.2) is 0 Å². The summed E-state index contributed by atoms with van der Waals surface area (Å²) in [6.07, 6.45) is 2.75. The highest BCUT2D eigenvalue weighted by Gasteiger charge is 2.02. The summed E-state index contributed by atoms with van der Waals surface area (Å²) in [5.74, 6) is 0.344. The molecule has 0 aliphatic carbocycles. The van der Waals surface area contributed by atoms with Gasteiger partial charge in [0.1, 0.15) is 5.75 Å². The zero-order valence-electron chi connectivity index (χ0n) is 11.8. The van der Waals surface area contributed by atoms with Crippen LogP contribution in [0, 0.1) is 0 Å². The molecule has 1 aromatic heterocycles. The first-order valence-electron chi connectivity index (χ1n) is 7.15. The number of hydrogen-bond donors (Lipinski definition) is 2. The molecular formula is C18H18N2O. The maximum atomic E-state index is 9.72. The van der Waals surface area contributed by atoms with Gasteiger partial charge in [0.2, 0.25) is 0 Å². The van der Waals surface area contributed by atoms with E-state index >= 15 is 0 Å². The van der Waals surface area contributed by atoms with Crippen LogP contribution in [0.5, 0.6) is 5.75 Å². The molecule has 0 spiro atoms. The largest absolute Gasteiger partial charge is 0.508 e. The molecule has 2 N–H and O–H groups in total. The molecule has 0 amide bonds. The molecule has 0 bridgehead atoms. The predicted octanol–water partition coefficient (Wildman–Crippen LogP) is 3.27. The van der Waals surface area contributed by atoms with Crippen molar-refractivity contribution in [2.24, 2.45) is 0 Å². The first-order valence-corrected chi connectivity index (χ1v) is 7.15. The molecule has 3 rings (SSSR count). The van der Waals surface area contributed by atoms with Gasteiger partial charge in [-0.1, -0.05) is 42.5 Å². The van der Waals surface area contributed by atoms with E-state index in [4.69, 9.17) is 0 Å². The van der Waals surface area contributed by atoms with E-state index in [0.717, 1.165) is 24.0 Å². The van der Waals surface area contributed by atoms with E-state index < -0.39 is 0 Å². The zero-order valence-corrected chi connectivity index (χ0v) is 11.8. The number of phenols is 1. The number of pyridine rings is 1. The summed E-state index contributed by atoms with van der Waals surface area (Å²) in [5.41, 5.74) is 3.25. The van der Waals surface area contributed by atoms with Gasteiger partial charge in [-0.25, -0.2) is 0 Å². The molecule has 0 aliphatic rings. The molecular weight excluding hydrogens is 260 g/mol. The number of aromatic nitrogens is 1. The lowest BCUT2D eigenvalue weighted by atomic mass is 10.1. The van der Waals surface area contributed by atoms with Crippen LogP contribution < -0.4 is 5.32 Å². The van der Waals surface area contributed by atoms with Crippen molar-refractivity contribution in [2.45, 2.75) is 13.0 Å². The van der Waals surface area contributed by atoms with Crippen molar-refractivity contribution in [2.75, 3.05) is 6.54 Å². The van der Waals surface area contributed by atoms with E-state index in [2.05, 4.69) is 34.6 Å². The Morgan fingerprint density at radius 3 is 2.62 bits per heavy atom. The number of hydrogen-bond acceptors (Lipinski definition) is 3. The summed E-state index contributed by atoms with van der Waals surface area (Å²) in [6.45, 7) is 1.52. The Morgan fingerprint density at radius 1 is 0.905 bits per heavy atom. The van der Waals surface area contributed by atoms with Gasteiger partial charge in [-0.15, -0.1) is 0 Å². The van der Waals surface area contributed by atoms with Gasteiger partial charge in [-0.05, 0) is 30.7 Å². The average molecular weight is 278 g/mol. The van der Waals surface area contributed by atoms with E-state index in [-0.39, 0.29) is 0 Å². The van der Waals surface area contributed by atoms with Crippen LogP contribution in [0.15, 0.2) is 60.8 Å². The first kappa shape index (κ1) is 13.6. The molecule has 0 unspecified atom stereocenters. The fourth-order valence-electron chi connectivity index (χ4n) is 2.48. The van der Waals surface area contributed by atoms with Gasteiger partial charge in [-0.3, -0.25) is 4.98 Å². The van der Waals surface area contributed by atoms with Gasteiger partial charge < -0.3 is 10.4 Å². The fraction of sp³-hybridized carbons (Fsp3) is 0.167. The van der Waals surface area contributed by atoms with Crippen LogP contribution in [-0.4, -0.2) is 16.6 Å². The Labute approximate surface area is 124 Å². The van der Waals surface area contributed by atoms with Crippen LogP contribution in [0.4, 0.5) is 0 Å². The number of rotatable bonds is 5. The summed E-state index contributed by atoms with van der Waals surface area (Å²) in [5, 5.41) is 14.3. The van der Waals surface area contributed by atoms with Gasteiger partial charge in [-0.2, -0.15) is 0 Å². The van der Waals surface area contributed by atoms with Crippen LogP contribution in [0.1, 0.15) is 11.1 Å². The minimum atomic E-state index is 0.344. The predicted molar refractivity (Wildman–Crippen MR) is 85.3 cm³/mol. The van der Waals surface area contributed by atoms with E-state index in [9.17, 15) is 5.11 Å². The zero-order chi connectivity index (χ0) is 14.5. The third kappa shape index (κ3) is 3.20. The van der Waals surface area contributed by atoms with Crippen molar-refractivity contribution >= 4 is 10.9 Å². The second kappa shape index (κ2) is 6.37. The van der Waals surface area contributed by atoms with Crippen molar-refractivity contribution in [1.82, 2.24) is 10.3 Å². The van der Waals surface area contributed by atoms with E-state index in [1.807, 2.05) is 30.5 Å². The quantitative estimate of drug-likeness (QED) is 0.704. The Morgan fingerprint density at radius 2 is 1.71 bits per heavy atom. The van der Waals surface area contributed by atoms with Crippen molar-refractivity contribution in [3.05, 3.63) is 71.9 Å². The second-order valence-electron chi connectivity index (χ2n) is 5.05. The lowest BCUT2D eigenvalue weighted by Crippen LogP contribution is -2.16. The lowest BCUT2D eigenvalue weighted by molar-refractivity contribution is 0.464. The summed E-state index contributed by atoms with van der Waals surface area (Å²) >= 11 is 0. The summed E-state index contributed by atoms with van der Waals surface area (Å²) in [7, 11) is 0. The Balaban J connectivity index is 1.61. The number of aromatic hydroxyl groups is 1. The molecule has 106 valence electrons. The molecule has 0 aliphatic heterocycles. The van der Waals surface area contributed by atoms with Crippen LogP contribution in [0.25, 0.3) is 10.9 Å². The summed E-state index contributed by atoms with van der Waals surface area (Å²) in [4.78, 5) is 4.46. The number of para-hydroxylation sites is 2. The molecule has 0 saturated carbocycles. The first-order chi connectivity index (χ1) is 10.3. The number of phenolic OH excluding ortho intramolecular Hbond substituents is 1. The monoisotopic (exact) mass is 278 g/mol. The van der Waals surface area contributed by atoms with Crippen LogP contribution in [0.3, 0.4) is 0 Å².